The summed E-state index contributed by atoms with van der Waals surface area (Å²) in [6.07, 6.45) is 4.72. The quantitative estimate of drug-likeness (QED) is 0.187. The van der Waals surface area contributed by atoms with Crippen LogP contribution in [0.4, 0.5) is 5.69 Å². The Balaban J connectivity index is 1.49. The number of nitrogens with zero attached hydrogens (tertiary/aromatic N) is 1. The molecule has 6 aromatic rings. The summed E-state index contributed by atoms with van der Waals surface area (Å²) in [5.74, 6) is -0.429. The molecule has 9 rings (SSSR count). The average molecular weight is 604 g/mol. The smallest absolute Gasteiger partial charge is 0.173 e. The molecule has 0 amide bonds. The molecule has 0 N–H and O–H groups in total. The highest BCUT2D eigenvalue weighted by atomic mass is 16.1. The summed E-state index contributed by atoms with van der Waals surface area (Å²) < 4.78 is 0. The first-order valence-corrected chi connectivity index (χ1v) is 16.3. The fraction of sp³-hybridized carbons (Fsp3) is 0.0889. The molecule has 2 nitrogen and oxygen atoms in total. The normalized spacial score (nSPS) is 19.9. The number of allylic oxidation sites excluding steroid dienone is 2. The van der Waals surface area contributed by atoms with Crippen molar-refractivity contribution in [1.82, 2.24) is 0 Å². The Bertz CT molecular complexity index is 2190. The van der Waals surface area contributed by atoms with Crippen LogP contribution in [0.2, 0.25) is 0 Å². The molecule has 0 saturated heterocycles. The highest BCUT2D eigenvalue weighted by Gasteiger charge is 2.69. The zero-order chi connectivity index (χ0) is 31.6. The third-order valence-electron chi connectivity index (χ3n) is 10.7. The van der Waals surface area contributed by atoms with E-state index in [2.05, 4.69) is 151 Å². The van der Waals surface area contributed by atoms with Gasteiger partial charge in [-0.25, -0.2) is 0 Å². The van der Waals surface area contributed by atoms with Crippen molar-refractivity contribution in [3.63, 3.8) is 0 Å². The van der Waals surface area contributed by atoms with Gasteiger partial charge in [0.25, 0.3) is 0 Å². The van der Waals surface area contributed by atoms with Gasteiger partial charge in [-0.2, -0.15) is 0 Å². The molecule has 3 aliphatic rings. The Morgan fingerprint density at radius 3 is 1.66 bits per heavy atom. The summed E-state index contributed by atoms with van der Waals surface area (Å²) in [4.78, 5) is 18.0. The molecule has 0 aromatic heterocycles. The summed E-state index contributed by atoms with van der Waals surface area (Å²) in [6.45, 7) is 0. The molecular formula is C45H33NO. The topological polar surface area (TPSA) is 20.3 Å². The molecule has 0 fully saturated rings. The van der Waals surface area contributed by atoms with Crippen molar-refractivity contribution in [2.24, 2.45) is 5.92 Å². The Morgan fingerprint density at radius 1 is 0.553 bits per heavy atom. The van der Waals surface area contributed by atoms with Crippen LogP contribution in [0.15, 0.2) is 176 Å². The third-order valence-corrected chi connectivity index (χ3v) is 10.7. The van der Waals surface area contributed by atoms with Crippen LogP contribution >= 0.6 is 0 Å². The number of para-hydroxylation sites is 1. The van der Waals surface area contributed by atoms with Gasteiger partial charge in [0.15, 0.2) is 5.78 Å². The zero-order valence-electron chi connectivity index (χ0n) is 26.2. The minimum Gasteiger partial charge on any atom is -0.362 e. The van der Waals surface area contributed by atoms with Crippen molar-refractivity contribution in [3.8, 4) is 11.1 Å². The molecule has 2 aliphatic carbocycles. The van der Waals surface area contributed by atoms with Crippen LogP contribution in [-0.2, 0) is 5.41 Å². The molecular weight excluding hydrogens is 571 g/mol. The SMILES string of the molecule is CN1c2ccccc2C2(c3ccccc3-c3ccccc32)[C@@]12C=C(c1ccccc1)C=C(c1ccccc1)[C@H]2C(=O)c1ccccc1. The molecule has 47 heavy (non-hydrogen) atoms. The van der Waals surface area contributed by atoms with E-state index in [1.54, 1.807) is 0 Å². The molecule has 224 valence electrons. The van der Waals surface area contributed by atoms with Crippen molar-refractivity contribution in [1.29, 1.82) is 0 Å². The van der Waals surface area contributed by atoms with Gasteiger partial charge >= 0.3 is 0 Å². The first kappa shape index (κ1) is 27.6. The number of carbonyl (C=O) groups excluding carboxylic acids is 1. The van der Waals surface area contributed by atoms with E-state index in [4.69, 9.17) is 0 Å². The lowest BCUT2D eigenvalue weighted by molar-refractivity contribution is 0.0898. The maximum Gasteiger partial charge on any atom is 0.173 e. The second-order valence-electron chi connectivity index (χ2n) is 12.8. The van der Waals surface area contributed by atoms with E-state index in [-0.39, 0.29) is 5.78 Å². The molecule has 0 radical (unpaired) electrons. The Labute approximate surface area is 276 Å². The van der Waals surface area contributed by atoms with Crippen LogP contribution in [0.25, 0.3) is 22.3 Å². The number of rotatable bonds is 4. The summed E-state index contributed by atoms with van der Waals surface area (Å²) >= 11 is 0. The fourth-order valence-corrected chi connectivity index (χ4v) is 8.96. The monoisotopic (exact) mass is 603 g/mol. The van der Waals surface area contributed by atoms with Gasteiger partial charge in [-0.1, -0.05) is 158 Å². The highest BCUT2D eigenvalue weighted by molar-refractivity contribution is 6.11. The van der Waals surface area contributed by atoms with E-state index in [0.717, 1.165) is 28.0 Å². The number of fused-ring (bicyclic) bond motifs is 8. The van der Waals surface area contributed by atoms with Crippen LogP contribution < -0.4 is 4.90 Å². The summed E-state index contributed by atoms with van der Waals surface area (Å²) in [5.41, 5.74) is 10.8. The highest BCUT2D eigenvalue weighted by Crippen LogP contribution is 2.69. The minimum atomic E-state index is -0.850. The Hall–Kier alpha value is -5.73. The minimum absolute atomic E-state index is 0.116. The number of benzene rings is 6. The van der Waals surface area contributed by atoms with Crippen LogP contribution in [-0.4, -0.2) is 18.4 Å². The number of likely N-dealkylation sites (N-methyl/N-ethyl adjacent to an activating group) is 1. The molecule has 2 heteroatoms. The lowest BCUT2D eigenvalue weighted by Gasteiger charge is -2.54. The van der Waals surface area contributed by atoms with Crippen molar-refractivity contribution in [2.45, 2.75) is 11.0 Å². The number of Topliss-reactive ketones (excluding diaryl/α,β-unsaturated/α-hetero) is 1. The molecule has 2 spiro atoms. The predicted octanol–water partition coefficient (Wildman–Crippen LogP) is 9.87. The third kappa shape index (κ3) is 3.64. The summed E-state index contributed by atoms with van der Waals surface area (Å²) in [5, 5.41) is 0. The summed E-state index contributed by atoms with van der Waals surface area (Å²) in [7, 11) is 2.20. The van der Waals surface area contributed by atoms with Gasteiger partial charge < -0.3 is 4.90 Å². The van der Waals surface area contributed by atoms with Crippen LogP contribution in [0.5, 0.6) is 0 Å². The fourth-order valence-electron chi connectivity index (χ4n) is 8.96. The maximum absolute atomic E-state index is 15.6. The average Bonchev–Trinajstić information content (AvgIpc) is 3.56. The molecule has 1 aliphatic heterocycles. The predicted molar refractivity (Wildman–Crippen MR) is 192 cm³/mol. The van der Waals surface area contributed by atoms with E-state index >= 15 is 4.79 Å². The number of ketones is 1. The molecule has 6 aromatic carbocycles. The second-order valence-corrected chi connectivity index (χ2v) is 12.8. The number of hydrogen-bond donors (Lipinski definition) is 0. The van der Waals surface area contributed by atoms with E-state index in [1.165, 1.54) is 27.8 Å². The Kier molecular flexibility index (Phi) is 6.10. The van der Waals surface area contributed by atoms with Crippen molar-refractivity contribution in [2.75, 3.05) is 11.9 Å². The van der Waals surface area contributed by atoms with Gasteiger partial charge in [-0.05, 0) is 68.3 Å². The molecule has 0 saturated carbocycles. The zero-order valence-corrected chi connectivity index (χ0v) is 26.2. The first-order valence-electron chi connectivity index (χ1n) is 16.3. The number of carbonyl (C=O) groups is 1. The van der Waals surface area contributed by atoms with E-state index in [1.807, 2.05) is 36.4 Å². The van der Waals surface area contributed by atoms with Gasteiger partial charge in [0.1, 0.15) is 0 Å². The van der Waals surface area contributed by atoms with Crippen molar-refractivity contribution in [3.05, 3.63) is 209 Å². The van der Waals surface area contributed by atoms with Crippen molar-refractivity contribution < 1.29 is 4.79 Å². The number of anilines is 1. The van der Waals surface area contributed by atoms with Gasteiger partial charge in [-0.3, -0.25) is 4.79 Å². The maximum atomic E-state index is 15.6. The van der Waals surface area contributed by atoms with Crippen LogP contribution in [0.3, 0.4) is 0 Å². The Morgan fingerprint density at radius 2 is 1.04 bits per heavy atom. The van der Waals surface area contributed by atoms with Crippen LogP contribution in [0.1, 0.15) is 38.2 Å². The molecule has 0 unspecified atom stereocenters. The van der Waals surface area contributed by atoms with E-state index in [0.29, 0.717) is 5.56 Å². The van der Waals surface area contributed by atoms with E-state index in [9.17, 15) is 0 Å². The van der Waals surface area contributed by atoms with E-state index < -0.39 is 16.9 Å². The van der Waals surface area contributed by atoms with Gasteiger partial charge in [0, 0.05) is 18.3 Å². The first-order chi connectivity index (χ1) is 23.2. The molecule has 2 atom stereocenters. The largest absolute Gasteiger partial charge is 0.362 e. The lowest BCUT2D eigenvalue weighted by Crippen LogP contribution is -2.63. The lowest BCUT2D eigenvalue weighted by atomic mass is 9.52. The van der Waals surface area contributed by atoms with Gasteiger partial charge in [0.2, 0.25) is 0 Å². The number of hydrogen-bond acceptors (Lipinski definition) is 2. The standard InChI is InChI=1S/C45H33NO/c1-46-41-28-16-15-27-40(41)45(38-25-13-11-23-35(38)36-24-12-14-26-39(36)45)44(46)30-34(31-17-5-2-6-18-31)29-37(32-19-7-3-8-20-32)42(44)43(47)33-21-9-4-10-22-33/h2-30,42H,1H3/t42-,44-/m0/s1. The van der Waals surface area contributed by atoms with Crippen molar-refractivity contribution >= 4 is 22.6 Å². The molecule has 0 bridgehead atoms. The van der Waals surface area contributed by atoms with Gasteiger partial charge in [0.05, 0.1) is 16.9 Å². The van der Waals surface area contributed by atoms with Gasteiger partial charge in [-0.15, -0.1) is 0 Å². The summed E-state index contributed by atoms with van der Waals surface area (Å²) in [6, 6.07) is 57.5. The second kappa shape index (κ2) is 10.4. The van der Waals surface area contributed by atoms with Crippen LogP contribution in [0, 0.1) is 5.92 Å². The molecule has 1 heterocycles.